The second-order valence-corrected chi connectivity index (χ2v) is 8.32. The Morgan fingerprint density at radius 3 is 2.31 bits per heavy atom. The van der Waals surface area contributed by atoms with E-state index in [1.54, 1.807) is 0 Å². The number of carboxylic acid groups (broad SMARTS) is 1. The number of carbonyl (C=O) groups is 1. The lowest BCUT2D eigenvalue weighted by atomic mass is 10.2. The van der Waals surface area contributed by atoms with Gasteiger partial charge >= 0.3 is 24.0 Å². The van der Waals surface area contributed by atoms with Crippen LogP contribution < -0.4 is 5.69 Å². The van der Waals surface area contributed by atoms with Gasteiger partial charge in [0.2, 0.25) is 5.82 Å². The number of aromatic nitrogens is 7. The first kappa shape index (κ1) is 27.8. The molecule has 0 bridgehead atoms. The number of pyridine rings is 1. The van der Waals surface area contributed by atoms with Gasteiger partial charge < -0.3 is 10.2 Å². The third-order valence-electron chi connectivity index (χ3n) is 5.18. The van der Waals surface area contributed by atoms with Crippen LogP contribution in [-0.2, 0) is 19.3 Å². The molecule has 11 nitrogen and oxygen atoms in total. The van der Waals surface area contributed by atoms with Crippen LogP contribution in [0.5, 0.6) is 0 Å². The number of benzene rings is 1. The van der Waals surface area contributed by atoms with Gasteiger partial charge in [-0.3, -0.25) is 4.57 Å². The summed E-state index contributed by atoms with van der Waals surface area (Å²) in [4.78, 5) is 31.9. The quantitative estimate of drug-likeness (QED) is 0.319. The van der Waals surface area contributed by atoms with Crippen molar-refractivity contribution in [3.05, 3.63) is 75.3 Å². The fourth-order valence-corrected chi connectivity index (χ4v) is 3.55. The first-order chi connectivity index (χ1) is 18.2. The molecule has 206 valence electrons. The molecule has 2 N–H and O–H groups in total. The summed E-state index contributed by atoms with van der Waals surface area (Å²) in [5.41, 5.74) is -2.36. The lowest BCUT2D eigenvalue weighted by molar-refractivity contribution is -0.207. The van der Waals surface area contributed by atoms with Crippen molar-refractivity contribution in [2.24, 2.45) is 0 Å². The van der Waals surface area contributed by atoms with Crippen LogP contribution in [0.25, 0.3) is 17.2 Å². The van der Waals surface area contributed by atoms with Crippen molar-refractivity contribution in [3.63, 3.8) is 0 Å². The van der Waals surface area contributed by atoms with E-state index < -0.39 is 66.2 Å². The third kappa shape index (κ3) is 5.78. The van der Waals surface area contributed by atoms with Gasteiger partial charge in [-0.15, -0.1) is 10.2 Å². The van der Waals surface area contributed by atoms with Crippen molar-refractivity contribution in [3.8, 4) is 17.2 Å². The van der Waals surface area contributed by atoms with E-state index in [9.17, 15) is 46.1 Å². The van der Waals surface area contributed by atoms with E-state index in [0.717, 1.165) is 12.3 Å². The molecule has 0 saturated heterocycles. The Morgan fingerprint density at radius 1 is 1.05 bits per heavy atom. The molecule has 0 unspecified atom stereocenters. The van der Waals surface area contributed by atoms with Gasteiger partial charge in [-0.25, -0.2) is 24.2 Å². The van der Waals surface area contributed by atoms with Crippen LogP contribution in [0.15, 0.2) is 47.4 Å². The average Bonchev–Trinajstić information content (AvgIpc) is 3.41. The van der Waals surface area contributed by atoms with Crippen LogP contribution >= 0.6 is 11.6 Å². The van der Waals surface area contributed by atoms with Crippen LogP contribution in [0.4, 0.5) is 26.3 Å². The number of hydrogen-bond acceptors (Lipinski definition) is 7. The first-order valence-electron chi connectivity index (χ1n) is 10.6. The Labute approximate surface area is 217 Å². The van der Waals surface area contributed by atoms with Gasteiger partial charge in [0.05, 0.1) is 6.54 Å². The van der Waals surface area contributed by atoms with Gasteiger partial charge in [0.1, 0.15) is 12.1 Å². The molecule has 39 heavy (non-hydrogen) atoms. The summed E-state index contributed by atoms with van der Waals surface area (Å²) in [6, 6.07) is 7.06. The standard InChI is InChI=1S/C21H14ClF6N7O4/c22-11-5-3-10(4-6-11)15-32-34(19(39)33(15)8-13(36)21(26,27)28)9-14-30-17(18(37)38)35(31-14)16-12(20(23,24)25)2-1-7-29-16/h1-7,13,36H,8-9H2,(H,37,38)/t13-/m0/s1. The molecule has 3 aromatic heterocycles. The summed E-state index contributed by atoms with van der Waals surface area (Å²) >= 11 is 5.83. The number of carboxylic acids is 1. The number of nitrogens with zero attached hydrogens (tertiary/aromatic N) is 7. The predicted molar refractivity (Wildman–Crippen MR) is 119 cm³/mol. The highest BCUT2D eigenvalue weighted by atomic mass is 35.5. The number of halogens is 7. The molecule has 0 aliphatic rings. The highest BCUT2D eigenvalue weighted by Gasteiger charge is 2.40. The van der Waals surface area contributed by atoms with Crippen molar-refractivity contribution < 1.29 is 41.4 Å². The van der Waals surface area contributed by atoms with Crippen LogP contribution in [0.2, 0.25) is 5.02 Å². The minimum absolute atomic E-state index is 0.137. The van der Waals surface area contributed by atoms with Gasteiger partial charge in [-0.2, -0.15) is 31.0 Å². The van der Waals surface area contributed by atoms with Crippen molar-refractivity contribution in [1.82, 2.24) is 34.1 Å². The number of aliphatic hydroxyl groups excluding tert-OH is 1. The van der Waals surface area contributed by atoms with Crippen LogP contribution in [0.1, 0.15) is 22.0 Å². The van der Waals surface area contributed by atoms with E-state index >= 15 is 0 Å². The minimum atomic E-state index is -5.08. The summed E-state index contributed by atoms with van der Waals surface area (Å²) < 4.78 is 80.9. The molecule has 0 aliphatic heterocycles. The number of aliphatic hydroxyl groups is 1. The van der Waals surface area contributed by atoms with E-state index in [0.29, 0.717) is 20.0 Å². The molecule has 0 fully saturated rings. The molecule has 0 saturated carbocycles. The average molecular weight is 578 g/mol. The Balaban J connectivity index is 1.81. The zero-order valence-corrected chi connectivity index (χ0v) is 19.8. The van der Waals surface area contributed by atoms with Crippen molar-refractivity contribution >= 4 is 17.6 Å². The second kappa shape index (κ2) is 10.1. The lowest BCUT2D eigenvalue weighted by Crippen LogP contribution is -2.37. The van der Waals surface area contributed by atoms with Gasteiger partial charge in [0, 0.05) is 16.8 Å². The number of hydrogen-bond donors (Lipinski definition) is 2. The van der Waals surface area contributed by atoms with Gasteiger partial charge in [0.15, 0.2) is 23.6 Å². The molecule has 18 heteroatoms. The van der Waals surface area contributed by atoms with Gasteiger partial charge in [-0.1, -0.05) is 11.6 Å². The molecule has 0 radical (unpaired) electrons. The third-order valence-corrected chi connectivity index (χ3v) is 5.44. The van der Waals surface area contributed by atoms with Crippen LogP contribution in [0, 0.1) is 0 Å². The van der Waals surface area contributed by atoms with E-state index in [1.807, 2.05) is 0 Å². The molecule has 4 aromatic rings. The van der Waals surface area contributed by atoms with Crippen LogP contribution in [0.3, 0.4) is 0 Å². The fourth-order valence-electron chi connectivity index (χ4n) is 3.43. The van der Waals surface area contributed by atoms with E-state index in [4.69, 9.17) is 11.6 Å². The van der Waals surface area contributed by atoms with E-state index in [1.165, 1.54) is 24.3 Å². The maximum atomic E-state index is 13.5. The van der Waals surface area contributed by atoms with Gasteiger partial charge in [0.25, 0.3) is 0 Å². The summed E-state index contributed by atoms with van der Waals surface area (Å²) in [6.45, 7) is -2.00. The predicted octanol–water partition coefficient (Wildman–Crippen LogP) is 3.03. The lowest BCUT2D eigenvalue weighted by Gasteiger charge is -2.15. The molecular formula is C21H14ClF6N7O4. The first-order valence-corrected chi connectivity index (χ1v) is 10.9. The highest BCUT2D eigenvalue weighted by molar-refractivity contribution is 6.30. The highest BCUT2D eigenvalue weighted by Crippen LogP contribution is 2.33. The molecule has 0 amide bonds. The monoisotopic (exact) mass is 577 g/mol. The zero-order chi connectivity index (χ0) is 28.7. The Bertz CT molecular complexity index is 1580. The molecule has 0 spiro atoms. The molecule has 4 rings (SSSR count). The SMILES string of the molecule is O=C(O)c1nc(Cn2nc(-c3ccc(Cl)cc3)n(C[C@H](O)C(F)(F)F)c2=O)nn1-c1ncccc1C(F)(F)F. The maximum absolute atomic E-state index is 13.5. The Kier molecular flexibility index (Phi) is 7.22. The molecular weight excluding hydrogens is 564 g/mol. The fraction of sp³-hybridized carbons (Fsp3) is 0.238. The normalized spacial score (nSPS) is 13.0. The molecule has 1 aromatic carbocycles. The number of rotatable bonds is 7. The molecule has 1 atom stereocenters. The Hall–Kier alpha value is -4.25. The van der Waals surface area contributed by atoms with E-state index in [2.05, 4.69) is 20.2 Å². The minimum Gasteiger partial charge on any atom is -0.475 e. The molecule has 3 heterocycles. The largest absolute Gasteiger partial charge is 0.475 e. The molecule has 0 aliphatic carbocycles. The summed E-state index contributed by atoms with van der Waals surface area (Å²) in [7, 11) is 0. The smallest absolute Gasteiger partial charge is 0.420 e. The van der Waals surface area contributed by atoms with Crippen LogP contribution in [-0.4, -0.2) is 62.6 Å². The number of alkyl halides is 6. The van der Waals surface area contributed by atoms with Crippen molar-refractivity contribution in [2.75, 3.05) is 0 Å². The topological polar surface area (TPSA) is 141 Å². The number of aromatic carboxylic acids is 1. The van der Waals surface area contributed by atoms with Crippen molar-refractivity contribution in [1.29, 1.82) is 0 Å². The summed E-state index contributed by atoms with van der Waals surface area (Å²) in [5, 5.41) is 27.0. The summed E-state index contributed by atoms with van der Waals surface area (Å²) in [5.74, 6) is -4.50. The zero-order valence-electron chi connectivity index (χ0n) is 19.0. The summed E-state index contributed by atoms with van der Waals surface area (Å²) in [6.07, 6.45) is -12.0. The van der Waals surface area contributed by atoms with E-state index in [-0.39, 0.29) is 16.4 Å². The second-order valence-electron chi connectivity index (χ2n) is 7.88. The van der Waals surface area contributed by atoms with Gasteiger partial charge in [-0.05, 0) is 36.4 Å². The maximum Gasteiger partial charge on any atom is 0.420 e. The van der Waals surface area contributed by atoms with Crippen molar-refractivity contribution in [2.45, 2.75) is 31.5 Å². The Morgan fingerprint density at radius 2 is 1.72 bits per heavy atom.